The molecule has 2 amide bonds. The molecule has 6 nitrogen and oxygen atoms in total. The summed E-state index contributed by atoms with van der Waals surface area (Å²) in [6.07, 6.45) is 5.04. The third-order valence-electron chi connectivity index (χ3n) is 5.96. The average Bonchev–Trinajstić information content (AvgIpc) is 3.20. The van der Waals surface area contributed by atoms with Crippen LogP contribution in [0.2, 0.25) is 0 Å². The van der Waals surface area contributed by atoms with E-state index >= 15 is 0 Å². The lowest BCUT2D eigenvalue weighted by atomic mass is 9.85. The maximum Gasteiger partial charge on any atom is 0.253 e. The molecule has 1 aromatic carbocycles. The zero-order valence-corrected chi connectivity index (χ0v) is 17.5. The number of likely N-dealkylation sites (tertiary alicyclic amines) is 1. The summed E-state index contributed by atoms with van der Waals surface area (Å²) in [5, 5.41) is 6.18. The summed E-state index contributed by atoms with van der Waals surface area (Å²) in [4.78, 5) is 31.4. The molecular weight excluding hydrogens is 386 g/mol. The van der Waals surface area contributed by atoms with E-state index in [1.807, 2.05) is 34.5 Å². The van der Waals surface area contributed by atoms with Gasteiger partial charge >= 0.3 is 0 Å². The Hall–Kier alpha value is -2.41. The van der Waals surface area contributed by atoms with Crippen LogP contribution < -0.4 is 10.1 Å². The number of thiazole rings is 1. The minimum absolute atomic E-state index is 0.0737. The zero-order valence-electron chi connectivity index (χ0n) is 16.7. The Morgan fingerprint density at radius 1 is 1.17 bits per heavy atom. The Morgan fingerprint density at radius 3 is 2.52 bits per heavy atom. The second kappa shape index (κ2) is 8.95. The van der Waals surface area contributed by atoms with Crippen molar-refractivity contribution >= 4 is 23.2 Å². The number of hydrogen-bond donors (Lipinski definition) is 1. The van der Waals surface area contributed by atoms with Gasteiger partial charge in [0.25, 0.3) is 5.91 Å². The number of carbonyl (C=O) groups is 2. The molecule has 1 aromatic heterocycles. The van der Waals surface area contributed by atoms with Crippen LogP contribution in [0.3, 0.4) is 0 Å². The van der Waals surface area contributed by atoms with Crippen LogP contribution in [0.5, 0.6) is 5.75 Å². The molecule has 0 bridgehead atoms. The molecule has 4 rings (SSSR count). The van der Waals surface area contributed by atoms with E-state index in [1.165, 1.54) is 6.42 Å². The highest BCUT2D eigenvalue weighted by Crippen LogP contribution is 2.31. The molecule has 1 saturated carbocycles. The highest BCUT2D eigenvalue weighted by molar-refractivity contribution is 7.09. The summed E-state index contributed by atoms with van der Waals surface area (Å²) < 4.78 is 5.16. The number of nitrogens with one attached hydrogen (secondary N) is 1. The first kappa shape index (κ1) is 19.9. The Kier molecular flexibility index (Phi) is 6.13. The smallest absolute Gasteiger partial charge is 0.253 e. The van der Waals surface area contributed by atoms with E-state index in [0.717, 1.165) is 55.2 Å². The second-order valence-electron chi connectivity index (χ2n) is 7.82. The van der Waals surface area contributed by atoms with E-state index in [0.29, 0.717) is 18.0 Å². The number of methoxy groups -OCH3 is 1. The molecule has 1 aliphatic carbocycles. The van der Waals surface area contributed by atoms with Crippen molar-refractivity contribution in [2.24, 2.45) is 5.92 Å². The second-order valence-corrected chi connectivity index (χ2v) is 8.71. The number of rotatable bonds is 6. The van der Waals surface area contributed by atoms with Crippen molar-refractivity contribution in [2.75, 3.05) is 20.2 Å². The third-order valence-corrected chi connectivity index (χ3v) is 7.01. The van der Waals surface area contributed by atoms with E-state index in [1.54, 1.807) is 18.4 Å². The number of amides is 2. The quantitative estimate of drug-likeness (QED) is 0.786. The number of piperidine rings is 1. The lowest BCUT2D eigenvalue weighted by Gasteiger charge is -2.31. The van der Waals surface area contributed by atoms with Crippen molar-refractivity contribution in [1.82, 2.24) is 15.2 Å². The standard InChI is InChI=1S/C22H27N3O3S/c1-28-19-7-5-17(6-8-19)22(27)25-11-9-16(10-12-25)21-24-18(14-29-21)13-23-20(26)15-3-2-4-15/h5-8,14-16H,2-4,9-13H2,1H3,(H,23,26). The number of aromatic nitrogens is 1. The summed E-state index contributed by atoms with van der Waals surface area (Å²) in [6.45, 7) is 1.99. The van der Waals surface area contributed by atoms with Crippen LogP contribution in [-0.2, 0) is 11.3 Å². The number of benzene rings is 1. The molecular formula is C22H27N3O3S. The van der Waals surface area contributed by atoms with Crippen molar-refractivity contribution in [3.8, 4) is 5.75 Å². The molecule has 2 aliphatic rings. The first-order chi connectivity index (χ1) is 14.1. The predicted molar refractivity (Wildman–Crippen MR) is 112 cm³/mol. The Labute approximate surface area is 175 Å². The lowest BCUT2D eigenvalue weighted by Crippen LogP contribution is -2.37. The van der Waals surface area contributed by atoms with Crippen LogP contribution in [0.15, 0.2) is 29.6 Å². The van der Waals surface area contributed by atoms with Crippen LogP contribution in [0.4, 0.5) is 0 Å². The molecule has 0 spiro atoms. The molecule has 1 saturated heterocycles. The van der Waals surface area contributed by atoms with Crippen LogP contribution in [0, 0.1) is 5.92 Å². The van der Waals surface area contributed by atoms with E-state index in [2.05, 4.69) is 5.32 Å². The average molecular weight is 414 g/mol. The third kappa shape index (κ3) is 4.61. The fourth-order valence-corrected chi connectivity index (χ4v) is 4.82. The molecule has 154 valence electrons. The molecule has 29 heavy (non-hydrogen) atoms. The maximum absolute atomic E-state index is 12.7. The van der Waals surface area contributed by atoms with Crippen molar-refractivity contribution in [3.63, 3.8) is 0 Å². The van der Waals surface area contributed by atoms with Crippen LogP contribution in [0.1, 0.15) is 59.1 Å². The topological polar surface area (TPSA) is 71.5 Å². The van der Waals surface area contributed by atoms with Crippen LogP contribution >= 0.6 is 11.3 Å². The molecule has 1 aliphatic heterocycles. The molecule has 1 N–H and O–H groups in total. The zero-order chi connectivity index (χ0) is 20.2. The van der Waals surface area contributed by atoms with E-state index in [4.69, 9.17) is 9.72 Å². The van der Waals surface area contributed by atoms with Gasteiger partial charge < -0.3 is 15.0 Å². The van der Waals surface area contributed by atoms with Gasteiger partial charge in [0.15, 0.2) is 0 Å². The lowest BCUT2D eigenvalue weighted by molar-refractivity contribution is -0.127. The van der Waals surface area contributed by atoms with Gasteiger partial charge in [0, 0.05) is 35.9 Å². The van der Waals surface area contributed by atoms with Crippen LogP contribution in [0.25, 0.3) is 0 Å². The Balaban J connectivity index is 1.27. The Morgan fingerprint density at radius 2 is 1.90 bits per heavy atom. The van der Waals surface area contributed by atoms with Crippen molar-refractivity contribution in [1.29, 1.82) is 0 Å². The first-order valence-corrected chi connectivity index (χ1v) is 11.2. The van der Waals surface area contributed by atoms with Crippen molar-refractivity contribution < 1.29 is 14.3 Å². The Bertz CT molecular complexity index is 852. The van der Waals surface area contributed by atoms with Gasteiger partial charge in [0.05, 0.1) is 24.4 Å². The summed E-state index contributed by atoms with van der Waals surface area (Å²) in [6, 6.07) is 7.28. The summed E-state index contributed by atoms with van der Waals surface area (Å²) >= 11 is 1.67. The predicted octanol–water partition coefficient (Wildman–Crippen LogP) is 3.59. The maximum atomic E-state index is 12.7. The van der Waals surface area contributed by atoms with Gasteiger partial charge in [-0.2, -0.15) is 0 Å². The molecule has 0 atom stereocenters. The van der Waals surface area contributed by atoms with Crippen molar-refractivity contribution in [2.45, 2.75) is 44.6 Å². The minimum Gasteiger partial charge on any atom is -0.497 e. The molecule has 2 aromatic rings. The number of hydrogen-bond acceptors (Lipinski definition) is 5. The van der Waals surface area contributed by atoms with Gasteiger partial charge in [-0.3, -0.25) is 9.59 Å². The highest BCUT2D eigenvalue weighted by Gasteiger charge is 2.27. The molecule has 2 heterocycles. The van der Waals surface area contributed by atoms with Crippen LogP contribution in [-0.4, -0.2) is 41.9 Å². The number of carbonyl (C=O) groups excluding carboxylic acids is 2. The number of ether oxygens (including phenoxy) is 1. The van der Waals surface area contributed by atoms with Gasteiger partial charge in [-0.15, -0.1) is 11.3 Å². The van der Waals surface area contributed by atoms with Gasteiger partial charge in [-0.1, -0.05) is 6.42 Å². The normalized spacial score (nSPS) is 17.6. The van der Waals surface area contributed by atoms with Gasteiger partial charge in [-0.25, -0.2) is 4.98 Å². The number of nitrogens with zero attached hydrogens (tertiary/aromatic N) is 2. The molecule has 0 unspecified atom stereocenters. The van der Waals surface area contributed by atoms with E-state index in [9.17, 15) is 9.59 Å². The van der Waals surface area contributed by atoms with Crippen molar-refractivity contribution in [3.05, 3.63) is 45.9 Å². The van der Waals surface area contributed by atoms with Gasteiger partial charge in [0.1, 0.15) is 5.75 Å². The van der Waals surface area contributed by atoms with Gasteiger partial charge in [0.2, 0.25) is 5.91 Å². The molecule has 2 fully saturated rings. The monoisotopic (exact) mass is 413 g/mol. The summed E-state index contributed by atoms with van der Waals surface area (Å²) in [7, 11) is 1.62. The largest absolute Gasteiger partial charge is 0.497 e. The highest BCUT2D eigenvalue weighted by atomic mass is 32.1. The summed E-state index contributed by atoms with van der Waals surface area (Å²) in [5.74, 6) is 1.58. The van der Waals surface area contributed by atoms with Gasteiger partial charge in [-0.05, 0) is 49.9 Å². The minimum atomic E-state index is 0.0737. The van der Waals surface area contributed by atoms with E-state index < -0.39 is 0 Å². The molecule has 7 heteroatoms. The SMILES string of the molecule is COc1ccc(C(=O)N2CCC(c3nc(CNC(=O)C4CCC4)cs3)CC2)cc1. The first-order valence-electron chi connectivity index (χ1n) is 10.3. The fraction of sp³-hybridized carbons (Fsp3) is 0.500. The fourth-order valence-electron chi connectivity index (χ4n) is 3.83. The van der Waals surface area contributed by atoms with E-state index in [-0.39, 0.29) is 17.7 Å². The molecule has 0 radical (unpaired) electrons. The summed E-state index contributed by atoms with van der Waals surface area (Å²) in [5.41, 5.74) is 1.64.